The minimum atomic E-state index is -6.14. The first-order valence-electron chi connectivity index (χ1n) is 6.05. The third-order valence-electron chi connectivity index (χ3n) is 2.68. The normalized spacial score (nSPS) is 12.9. The monoisotopic (exact) mass is 371 g/mol. The summed E-state index contributed by atoms with van der Waals surface area (Å²) in [5.41, 5.74) is -7.38. The van der Waals surface area contributed by atoms with Crippen molar-refractivity contribution >= 4 is 10.1 Å². The van der Waals surface area contributed by atoms with Crippen LogP contribution in [0.5, 0.6) is 5.88 Å². The van der Waals surface area contributed by atoms with E-state index in [1.54, 1.807) is 6.07 Å². The molecule has 0 fully saturated rings. The third kappa shape index (κ3) is 3.96. The van der Waals surface area contributed by atoms with Gasteiger partial charge in [-0.15, -0.1) is 0 Å². The second-order valence-corrected chi connectivity index (χ2v) is 5.96. The number of alkyl halides is 6. The summed E-state index contributed by atoms with van der Waals surface area (Å²) in [6, 6.07) is 8.55. The average molecular weight is 371 g/mol. The highest BCUT2D eigenvalue weighted by atomic mass is 32.2. The summed E-state index contributed by atoms with van der Waals surface area (Å²) in [5, 5.41) is 0. The first-order chi connectivity index (χ1) is 10.9. The van der Waals surface area contributed by atoms with Crippen LogP contribution in [0.1, 0.15) is 5.69 Å². The fraction of sp³-hybridized carbons (Fsp3) is 0.154. The highest BCUT2D eigenvalue weighted by Gasteiger charge is 2.49. The van der Waals surface area contributed by atoms with Crippen LogP contribution in [-0.2, 0) is 16.3 Å². The van der Waals surface area contributed by atoms with Gasteiger partial charge in [-0.2, -0.15) is 34.8 Å². The number of nitrogens with zero attached hydrogens (tertiary/aromatic N) is 1. The molecule has 130 valence electrons. The Morgan fingerprint density at radius 1 is 0.875 bits per heavy atom. The van der Waals surface area contributed by atoms with Crippen LogP contribution in [0.15, 0.2) is 42.5 Å². The quantitative estimate of drug-likeness (QED) is 0.465. The van der Waals surface area contributed by atoms with Crippen molar-refractivity contribution in [3.63, 3.8) is 0 Å². The lowest BCUT2D eigenvalue weighted by Gasteiger charge is -2.13. The molecule has 1 aromatic carbocycles. The minimum Gasteiger partial charge on any atom is -0.355 e. The first kappa shape index (κ1) is 18.0. The maximum absolute atomic E-state index is 12.8. The number of benzene rings is 1. The molecule has 1 aromatic heterocycles. The van der Waals surface area contributed by atoms with Gasteiger partial charge >= 0.3 is 21.8 Å². The molecule has 1 heterocycles. The smallest absolute Gasteiger partial charge is 0.355 e. The van der Waals surface area contributed by atoms with Crippen molar-refractivity contribution in [3.8, 4) is 17.0 Å². The van der Waals surface area contributed by atoms with Gasteiger partial charge in [-0.1, -0.05) is 30.3 Å². The molecule has 0 aliphatic heterocycles. The van der Waals surface area contributed by atoms with Gasteiger partial charge in [0.15, 0.2) is 0 Å². The molecular formula is C13H7F6NO3S. The lowest BCUT2D eigenvalue weighted by molar-refractivity contribution is -0.141. The van der Waals surface area contributed by atoms with E-state index in [1.165, 1.54) is 24.3 Å². The van der Waals surface area contributed by atoms with E-state index in [2.05, 4.69) is 9.17 Å². The summed E-state index contributed by atoms with van der Waals surface area (Å²) in [6.45, 7) is 0. The van der Waals surface area contributed by atoms with E-state index in [0.717, 1.165) is 0 Å². The number of halogens is 6. The molecule has 2 aromatic rings. The zero-order valence-corrected chi connectivity index (χ0v) is 12.2. The summed E-state index contributed by atoms with van der Waals surface area (Å²) in [6.07, 6.45) is -5.01. The topological polar surface area (TPSA) is 56.3 Å². The zero-order chi connectivity index (χ0) is 18.2. The van der Waals surface area contributed by atoms with Crippen LogP contribution in [0.3, 0.4) is 0 Å². The van der Waals surface area contributed by atoms with Crippen LogP contribution in [0.4, 0.5) is 26.3 Å². The van der Waals surface area contributed by atoms with Crippen LogP contribution < -0.4 is 4.18 Å². The summed E-state index contributed by atoms with van der Waals surface area (Å²) in [7, 11) is -6.14. The predicted octanol–water partition coefficient (Wildman–Crippen LogP) is 4.00. The van der Waals surface area contributed by atoms with E-state index in [0.29, 0.717) is 12.1 Å². The number of rotatable bonds is 3. The third-order valence-corrected chi connectivity index (χ3v) is 3.64. The van der Waals surface area contributed by atoms with Crippen molar-refractivity contribution < 1.29 is 38.9 Å². The van der Waals surface area contributed by atoms with Crippen LogP contribution >= 0.6 is 0 Å². The van der Waals surface area contributed by atoms with E-state index in [4.69, 9.17) is 0 Å². The van der Waals surface area contributed by atoms with E-state index >= 15 is 0 Å². The van der Waals surface area contributed by atoms with Crippen molar-refractivity contribution in [1.82, 2.24) is 4.98 Å². The highest BCUT2D eigenvalue weighted by Crippen LogP contribution is 2.34. The Hall–Kier alpha value is -2.30. The molecule has 11 heteroatoms. The Balaban J connectivity index is 2.57. The second-order valence-electron chi connectivity index (χ2n) is 4.43. The largest absolute Gasteiger partial charge is 0.534 e. The minimum absolute atomic E-state index is 0.203. The lowest BCUT2D eigenvalue weighted by Crippen LogP contribution is -2.28. The van der Waals surface area contributed by atoms with E-state index < -0.39 is 33.4 Å². The van der Waals surface area contributed by atoms with Gasteiger partial charge in [-0.25, -0.2) is 4.98 Å². The lowest BCUT2D eigenvalue weighted by atomic mass is 10.1. The molecule has 0 saturated heterocycles. The summed E-state index contributed by atoms with van der Waals surface area (Å²) < 4.78 is 101. The molecule has 0 bridgehead atoms. The Kier molecular flexibility index (Phi) is 4.48. The standard InChI is InChI=1S/C13H7F6NO3S/c14-12(15,16)10-6-9(8-4-2-1-3-5-8)7-11(20-10)23-24(21,22)13(17,18)19/h1-7H. The average Bonchev–Trinajstić information content (AvgIpc) is 2.45. The van der Waals surface area contributed by atoms with Gasteiger partial charge in [0, 0.05) is 6.07 Å². The van der Waals surface area contributed by atoms with Crippen molar-refractivity contribution in [1.29, 1.82) is 0 Å². The molecule has 4 nitrogen and oxygen atoms in total. The second kappa shape index (κ2) is 5.96. The molecule has 0 spiro atoms. The maximum atomic E-state index is 12.8. The van der Waals surface area contributed by atoms with Gasteiger partial charge in [0.05, 0.1) is 0 Å². The predicted molar refractivity (Wildman–Crippen MR) is 70.3 cm³/mol. The van der Waals surface area contributed by atoms with Crippen LogP contribution in [-0.4, -0.2) is 18.9 Å². The molecule has 0 amide bonds. The molecule has 2 rings (SSSR count). The van der Waals surface area contributed by atoms with Crippen molar-refractivity contribution in [2.75, 3.05) is 0 Å². The first-order valence-corrected chi connectivity index (χ1v) is 7.46. The van der Waals surface area contributed by atoms with E-state index in [-0.39, 0.29) is 11.1 Å². The molecule has 0 atom stereocenters. The Morgan fingerprint density at radius 2 is 1.46 bits per heavy atom. The molecular weight excluding hydrogens is 364 g/mol. The number of aromatic nitrogens is 1. The fourth-order valence-electron chi connectivity index (χ4n) is 1.65. The molecule has 0 N–H and O–H groups in total. The molecule has 24 heavy (non-hydrogen) atoms. The van der Waals surface area contributed by atoms with Gasteiger partial charge in [0.1, 0.15) is 5.69 Å². The molecule has 0 aliphatic carbocycles. The van der Waals surface area contributed by atoms with Gasteiger partial charge < -0.3 is 4.18 Å². The molecule has 0 saturated carbocycles. The maximum Gasteiger partial charge on any atom is 0.534 e. The van der Waals surface area contributed by atoms with Crippen LogP contribution in [0.25, 0.3) is 11.1 Å². The Morgan fingerprint density at radius 3 is 1.96 bits per heavy atom. The molecule has 0 unspecified atom stereocenters. The van der Waals surface area contributed by atoms with Crippen LogP contribution in [0.2, 0.25) is 0 Å². The van der Waals surface area contributed by atoms with Crippen molar-refractivity contribution in [3.05, 3.63) is 48.2 Å². The summed E-state index contributed by atoms with van der Waals surface area (Å²) in [5.74, 6) is -1.33. The number of hydrogen-bond acceptors (Lipinski definition) is 4. The molecule has 0 radical (unpaired) electrons. The number of hydrogen-bond donors (Lipinski definition) is 0. The zero-order valence-electron chi connectivity index (χ0n) is 11.4. The SMILES string of the molecule is O=S(=O)(Oc1cc(-c2ccccc2)cc(C(F)(F)F)n1)C(F)(F)F. The van der Waals surface area contributed by atoms with Gasteiger partial charge in [-0.3, -0.25) is 0 Å². The van der Waals surface area contributed by atoms with E-state index in [9.17, 15) is 34.8 Å². The van der Waals surface area contributed by atoms with Gasteiger partial charge in [0.25, 0.3) is 0 Å². The number of pyridine rings is 1. The van der Waals surface area contributed by atoms with Gasteiger partial charge in [0.2, 0.25) is 5.88 Å². The fourth-order valence-corrected chi connectivity index (χ4v) is 2.05. The summed E-state index contributed by atoms with van der Waals surface area (Å²) >= 11 is 0. The Labute approximate surface area is 131 Å². The van der Waals surface area contributed by atoms with Crippen molar-refractivity contribution in [2.45, 2.75) is 11.7 Å². The highest BCUT2D eigenvalue weighted by molar-refractivity contribution is 7.87. The van der Waals surface area contributed by atoms with Gasteiger partial charge in [-0.05, 0) is 17.2 Å². The molecule has 0 aliphatic rings. The van der Waals surface area contributed by atoms with E-state index in [1.807, 2.05) is 0 Å². The van der Waals surface area contributed by atoms with Crippen molar-refractivity contribution in [2.24, 2.45) is 0 Å². The summed E-state index contributed by atoms with van der Waals surface area (Å²) in [4.78, 5) is 2.80. The Bertz CT molecular complexity index is 831. The van der Waals surface area contributed by atoms with Crippen LogP contribution in [0, 0.1) is 0 Å².